The summed E-state index contributed by atoms with van der Waals surface area (Å²) >= 11 is 0. The summed E-state index contributed by atoms with van der Waals surface area (Å²) in [5.41, 5.74) is -0.470. The Kier molecular flexibility index (Phi) is 4.90. The Labute approximate surface area is 141 Å². The second kappa shape index (κ2) is 6.72. The Bertz CT molecular complexity index is 885. The van der Waals surface area contributed by atoms with Gasteiger partial charge in [-0.25, -0.2) is 8.42 Å². The molecule has 0 aromatic heterocycles. The molecule has 0 aliphatic carbocycles. The molecule has 2 aromatic rings. The molecule has 0 bridgehead atoms. The van der Waals surface area contributed by atoms with Crippen LogP contribution in [0.2, 0.25) is 0 Å². The molecule has 0 unspecified atom stereocenters. The Morgan fingerprint density at radius 2 is 1.67 bits per heavy atom. The van der Waals surface area contributed by atoms with Crippen LogP contribution in [0.5, 0.6) is 0 Å². The standard InChI is InChI=1S/C17H17N3O3S/c1-17(2,12-18)16(21)19-13-7-6-8-14(11-13)20-24(22,23)15-9-4-3-5-10-15/h3-11,20H,1-2H3,(H,19,21). The molecule has 0 radical (unpaired) electrons. The maximum absolute atomic E-state index is 12.3. The Morgan fingerprint density at radius 1 is 1.04 bits per heavy atom. The van der Waals surface area contributed by atoms with Crippen molar-refractivity contribution in [1.82, 2.24) is 0 Å². The highest BCUT2D eigenvalue weighted by molar-refractivity contribution is 7.92. The lowest BCUT2D eigenvalue weighted by molar-refractivity contribution is -0.121. The number of nitriles is 1. The van der Waals surface area contributed by atoms with E-state index >= 15 is 0 Å². The molecule has 0 fully saturated rings. The van der Waals surface area contributed by atoms with E-state index < -0.39 is 21.3 Å². The second-order valence-electron chi connectivity index (χ2n) is 5.69. The first-order valence-corrected chi connectivity index (χ1v) is 8.63. The Morgan fingerprint density at radius 3 is 2.29 bits per heavy atom. The third-order valence-electron chi connectivity index (χ3n) is 3.27. The van der Waals surface area contributed by atoms with Gasteiger partial charge in [0.25, 0.3) is 10.0 Å². The van der Waals surface area contributed by atoms with Crippen LogP contribution < -0.4 is 10.0 Å². The number of amides is 1. The van der Waals surface area contributed by atoms with Gasteiger partial charge in [-0.05, 0) is 44.2 Å². The van der Waals surface area contributed by atoms with Crippen LogP contribution in [0.3, 0.4) is 0 Å². The molecule has 0 atom stereocenters. The Hall–Kier alpha value is -2.85. The van der Waals surface area contributed by atoms with Gasteiger partial charge in [-0.3, -0.25) is 9.52 Å². The van der Waals surface area contributed by atoms with Crippen molar-refractivity contribution in [2.45, 2.75) is 18.7 Å². The third kappa shape index (κ3) is 4.12. The molecule has 1 amide bonds. The molecule has 7 heteroatoms. The number of hydrogen-bond acceptors (Lipinski definition) is 4. The normalized spacial score (nSPS) is 11.4. The lowest BCUT2D eigenvalue weighted by Crippen LogP contribution is -2.29. The van der Waals surface area contributed by atoms with Gasteiger partial charge in [0.05, 0.1) is 16.7 Å². The van der Waals surface area contributed by atoms with Crippen LogP contribution in [0.25, 0.3) is 0 Å². The van der Waals surface area contributed by atoms with Gasteiger partial charge in [0.1, 0.15) is 5.41 Å². The number of nitrogens with zero attached hydrogens (tertiary/aromatic N) is 1. The lowest BCUT2D eigenvalue weighted by Gasteiger charge is -2.15. The van der Waals surface area contributed by atoms with Crippen molar-refractivity contribution in [2.24, 2.45) is 5.41 Å². The van der Waals surface area contributed by atoms with Crippen LogP contribution in [0.15, 0.2) is 59.5 Å². The number of nitrogens with one attached hydrogen (secondary N) is 2. The summed E-state index contributed by atoms with van der Waals surface area (Å²) in [6.45, 7) is 3.01. The van der Waals surface area contributed by atoms with Gasteiger partial charge < -0.3 is 5.32 Å². The molecule has 2 aromatic carbocycles. The van der Waals surface area contributed by atoms with Gasteiger partial charge in [-0.2, -0.15) is 5.26 Å². The molecule has 124 valence electrons. The van der Waals surface area contributed by atoms with Gasteiger partial charge in [0.2, 0.25) is 5.91 Å². The van der Waals surface area contributed by atoms with Crippen LogP contribution in [-0.2, 0) is 14.8 Å². The van der Waals surface area contributed by atoms with E-state index in [1.165, 1.54) is 32.0 Å². The summed E-state index contributed by atoms with van der Waals surface area (Å²) in [5, 5.41) is 11.6. The van der Waals surface area contributed by atoms with E-state index in [0.29, 0.717) is 11.4 Å². The first-order valence-electron chi connectivity index (χ1n) is 7.15. The number of anilines is 2. The second-order valence-corrected chi connectivity index (χ2v) is 7.37. The predicted molar refractivity (Wildman–Crippen MR) is 91.7 cm³/mol. The highest BCUT2D eigenvalue weighted by Gasteiger charge is 2.27. The van der Waals surface area contributed by atoms with Crippen molar-refractivity contribution in [3.05, 3.63) is 54.6 Å². The van der Waals surface area contributed by atoms with Crippen molar-refractivity contribution in [1.29, 1.82) is 5.26 Å². The van der Waals surface area contributed by atoms with Crippen LogP contribution >= 0.6 is 0 Å². The minimum atomic E-state index is -3.71. The van der Waals surface area contributed by atoms with Crippen molar-refractivity contribution in [3.63, 3.8) is 0 Å². The SMILES string of the molecule is CC(C)(C#N)C(=O)Nc1cccc(NS(=O)(=O)c2ccccc2)c1. The van der Waals surface area contributed by atoms with Gasteiger partial charge in [-0.1, -0.05) is 24.3 Å². The van der Waals surface area contributed by atoms with Crippen LogP contribution in [0.1, 0.15) is 13.8 Å². The average Bonchev–Trinajstić information content (AvgIpc) is 2.55. The van der Waals surface area contributed by atoms with Crippen molar-refractivity contribution in [2.75, 3.05) is 10.0 Å². The zero-order chi connectivity index (χ0) is 17.8. The third-order valence-corrected chi connectivity index (χ3v) is 4.67. The molecule has 0 aliphatic heterocycles. The molecule has 0 spiro atoms. The molecule has 2 N–H and O–H groups in total. The first-order chi connectivity index (χ1) is 11.2. The monoisotopic (exact) mass is 343 g/mol. The fourth-order valence-electron chi connectivity index (χ4n) is 1.81. The van der Waals surface area contributed by atoms with E-state index in [-0.39, 0.29) is 4.90 Å². The molecule has 2 rings (SSSR count). The van der Waals surface area contributed by atoms with Crippen LogP contribution in [0, 0.1) is 16.7 Å². The van der Waals surface area contributed by atoms with Crippen molar-refractivity contribution < 1.29 is 13.2 Å². The highest BCUT2D eigenvalue weighted by atomic mass is 32.2. The summed E-state index contributed by atoms with van der Waals surface area (Å²) in [7, 11) is -3.71. The van der Waals surface area contributed by atoms with Gasteiger partial charge in [0, 0.05) is 5.69 Å². The minimum absolute atomic E-state index is 0.144. The number of sulfonamides is 1. The summed E-state index contributed by atoms with van der Waals surface area (Å²) in [5.74, 6) is -0.465. The number of carbonyl (C=O) groups is 1. The zero-order valence-corrected chi connectivity index (χ0v) is 14.1. The number of carbonyl (C=O) groups excluding carboxylic acids is 1. The maximum Gasteiger partial charge on any atom is 0.261 e. The number of benzene rings is 2. The summed E-state index contributed by atoms with van der Waals surface area (Å²) in [6.07, 6.45) is 0. The van der Waals surface area contributed by atoms with E-state index in [4.69, 9.17) is 5.26 Å². The van der Waals surface area contributed by atoms with Crippen molar-refractivity contribution >= 4 is 27.3 Å². The maximum atomic E-state index is 12.3. The van der Waals surface area contributed by atoms with E-state index in [1.807, 2.05) is 6.07 Å². The topological polar surface area (TPSA) is 99.1 Å². The van der Waals surface area contributed by atoms with Crippen molar-refractivity contribution in [3.8, 4) is 6.07 Å². The molecule has 0 saturated carbocycles. The average molecular weight is 343 g/mol. The number of hydrogen-bond donors (Lipinski definition) is 2. The molecule has 6 nitrogen and oxygen atoms in total. The van der Waals surface area contributed by atoms with E-state index in [9.17, 15) is 13.2 Å². The fraction of sp³-hybridized carbons (Fsp3) is 0.176. The smallest absolute Gasteiger partial charge is 0.261 e. The zero-order valence-electron chi connectivity index (χ0n) is 13.3. The van der Waals surface area contributed by atoms with Gasteiger partial charge >= 0.3 is 0 Å². The molecular weight excluding hydrogens is 326 g/mol. The van der Waals surface area contributed by atoms with E-state index in [1.54, 1.807) is 36.4 Å². The predicted octanol–water partition coefficient (Wildman–Crippen LogP) is 2.98. The lowest BCUT2D eigenvalue weighted by atomic mass is 9.94. The molecule has 0 aliphatic rings. The number of rotatable bonds is 5. The molecule has 0 saturated heterocycles. The minimum Gasteiger partial charge on any atom is -0.325 e. The van der Waals surface area contributed by atoms with E-state index in [2.05, 4.69) is 10.0 Å². The fourth-order valence-corrected chi connectivity index (χ4v) is 2.88. The molecule has 24 heavy (non-hydrogen) atoms. The molecule has 0 heterocycles. The van der Waals surface area contributed by atoms with Gasteiger partial charge in [-0.15, -0.1) is 0 Å². The Balaban J connectivity index is 2.20. The van der Waals surface area contributed by atoms with Crippen LogP contribution in [0.4, 0.5) is 11.4 Å². The summed E-state index contributed by atoms with van der Waals surface area (Å²) in [4.78, 5) is 12.2. The summed E-state index contributed by atoms with van der Waals surface area (Å²) < 4.78 is 27.1. The highest BCUT2D eigenvalue weighted by Crippen LogP contribution is 2.22. The first kappa shape index (κ1) is 17.5. The van der Waals surface area contributed by atoms with Gasteiger partial charge in [0.15, 0.2) is 0 Å². The molecular formula is C17H17N3O3S. The largest absolute Gasteiger partial charge is 0.325 e. The summed E-state index contributed by atoms with van der Waals surface area (Å²) in [6, 6.07) is 16.2. The van der Waals surface area contributed by atoms with E-state index in [0.717, 1.165) is 0 Å². The van der Waals surface area contributed by atoms with Crippen LogP contribution in [-0.4, -0.2) is 14.3 Å². The quantitative estimate of drug-likeness (QED) is 0.872.